The quantitative estimate of drug-likeness (QED) is 0.477. The van der Waals surface area contributed by atoms with Crippen molar-refractivity contribution >= 4 is 11.6 Å². The maximum Gasteiger partial charge on any atom is 0.386 e. The zero-order chi connectivity index (χ0) is 7.84. The van der Waals surface area contributed by atoms with E-state index in [4.69, 9.17) is 0 Å². The number of amides is 1. The molecule has 2 heterocycles. The van der Waals surface area contributed by atoms with Gasteiger partial charge >= 0.3 is 5.91 Å². The maximum absolute atomic E-state index is 11.3. The van der Waals surface area contributed by atoms with Gasteiger partial charge in [-0.1, -0.05) is 6.92 Å². The molecule has 0 aromatic rings. The zero-order valence-corrected chi connectivity index (χ0v) is 6.97. The van der Waals surface area contributed by atoms with Crippen molar-refractivity contribution in [3.8, 4) is 0 Å². The molecule has 1 amide bonds. The van der Waals surface area contributed by atoms with Gasteiger partial charge in [0.05, 0.1) is 6.42 Å². The predicted molar refractivity (Wildman–Crippen MR) is 42.8 cm³/mol. The van der Waals surface area contributed by atoms with Crippen LogP contribution in [0.1, 0.15) is 32.6 Å². The van der Waals surface area contributed by atoms with Gasteiger partial charge in [-0.2, -0.15) is 4.58 Å². The van der Waals surface area contributed by atoms with Gasteiger partial charge in [0.1, 0.15) is 0 Å². The Balaban J connectivity index is 2.33. The van der Waals surface area contributed by atoms with Crippen molar-refractivity contribution in [3.05, 3.63) is 0 Å². The Morgan fingerprint density at radius 3 is 3.00 bits per heavy atom. The lowest BCUT2D eigenvalue weighted by Crippen LogP contribution is -2.28. The fraction of sp³-hybridized carbons (Fsp3) is 0.778. The van der Waals surface area contributed by atoms with E-state index in [0.29, 0.717) is 11.8 Å². The second-order valence-electron chi connectivity index (χ2n) is 3.58. The lowest BCUT2D eigenvalue weighted by molar-refractivity contribution is -0.445. The van der Waals surface area contributed by atoms with Gasteiger partial charge in [-0.15, -0.1) is 0 Å². The highest BCUT2D eigenvalue weighted by atomic mass is 16.2. The summed E-state index contributed by atoms with van der Waals surface area (Å²) in [4.78, 5) is 11.3. The fourth-order valence-corrected chi connectivity index (χ4v) is 2.12. The Bertz CT molecular complexity index is 230. The van der Waals surface area contributed by atoms with E-state index in [1.165, 1.54) is 12.1 Å². The molecular formula is C9H14NO+. The van der Waals surface area contributed by atoms with Crippen molar-refractivity contribution in [3.63, 3.8) is 0 Å². The topological polar surface area (TPSA) is 20.1 Å². The molecular weight excluding hydrogens is 138 g/mol. The second-order valence-corrected chi connectivity index (χ2v) is 3.58. The first-order chi connectivity index (χ1) is 5.29. The Morgan fingerprint density at radius 2 is 2.27 bits per heavy atom. The number of carbonyl (C=O) groups excluding carboxylic acids is 1. The summed E-state index contributed by atoms with van der Waals surface area (Å²) >= 11 is 0. The van der Waals surface area contributed by atoms with Crippen LogP contribution in [0.4, 0.5) is 0 Å². The summed E-state index contributed by atoms with van der Waals surface area (Å²) in [6.45, 7) is 3.21. The van der Waals surface area contributed by atoms with Crippen molar-refractivity contribution < 1.29 is 9.37 Å². The standard InChI is InChI=1S/C9H14NO/c1-7-5-6-10-8(7)3-2-4-9(10)11/h7H,2-6H2,1H3/q+1. The molecule has 2 rings (SSSR count). The molecule has 0 saturated carbocycles. The monoisotopic (exact) mass is 152 g/mol. The molecule has 2 nitrogen and oxygen atoms in total. The summed E-state index contributed by atoms with van der Waals surface area (Å²) in [5, 5.41) is 0. The molecule has 0 aliphatic carbocycles. The Morgan fingerprint density at radius 1 is 1.45 bits per heavy atom. The van der Waals surface area contributed by atoms with E-state index in [1.54, 1.807) is 0 Å². The van der Waals surface area contributed by atoms with Crippen molar-refractivity contribution in [2.24, 2.45) is 5.92 Å². The van der Waals surface area contributed by atoms with Crippen LogP contribution < -0.4 is 0 Å². The lowest BCUT2D eigenvalue weighted by atomic mass is 9.99. The third-order valence-corrected chi connectivity index (χ3v) is 2.83. The van der Waals surface area contributed by atoms with Gasteiger partial charge in [0.15, 0.2) is 12.3 Å². The van der Waals surface area contributed by atoms with Crippen molar-refractivity contribution in [1.82, 2.24) is 0 Å². The van der Waals surface area contributed by atoms with E-state index in [1.807, 2.05) is 4.58 Å². The van der Waals surface area contributed by atoms with Gasteiger partial charge in [-0.05, 0) is 6.42 Å². The highest BCUT2D eigenvalue weighted by molar-refractivity contribution is 5.90. The maximum atomic E-state index is 11.3. The molecule has 2 aliphatic heterocycles. The normalized spacial score (nSPS) is 31.0. The molecule has 0 fully saturated rings. The van der Waals surface area contributed by atoms with E-state index in [9.17, 15) is 4.79 Å². The number of rotatable bonds is 0. The van der Waals surface area contributed by atoms with Crippen LogP contribution in [0, 0.1) is 5.92 Å². The molecule has 0 N–H and O–H groups in total. The van der Waals surface area contributed by atoms with E-state index in [0.717, 1.165) is 25.8 Å². The molecule has 1 atom stereocenters. The number of nitrogens with zero attached hydrogens (tertiary/aromatic N) is 1. The molecule has 0 aromatic heterocycles. The molecule has 60 valence electrons. The third kappa shape index (κ3) is 1.01. The van der Waals surface area contributed by atoms with Gasteiger partial charge in [0.2, 0.25) is 0 Å². The smallest absolute Gasteiger partial charge is 0.220 e. The van der Waals surface area contributed by atoms with Gasteiger partial charge in [-0.3, -0.25) is 0 Å². The van der Waals surface area contributed by atoms with Crippen molar-refractivity contribution in [2.75, 3.05) is 6.54 Å². The fourth-order valence-electron chi connectivity index (χ4n) is 2.12. The summed E-state index contributed by atoms with van der Waals surface area (Å²) in [5.41, 5.74) is 1.40. The summed E-state index contributed by atoms with van der Waals surface area (Å²) in [5.74, 6) is 1.02. The summed E-state index contributed by atoms with van der Waals surface area (Å²) in [7, 11) is 0. The van der Waals surface area contributed by atoms with Crippen LogP contribution in [0.15, 0.2) is 0 Å². The first-order valence-electron chi connectivity index (χ1n) is 4.45. The Labute approximate surface area is 66.9 Å². The number of hydrogen-bond donors (Lipinski definition) is 0. The van der Waals surface area contributed by atoms with E-state index in [-0.39, 0.29) is 0 Å². The summed E-state index contributed by atoms with van der Waals surface area (Å²) in [6, 6.07) is 0. The molecule has 0 saturated heterocycles. The largest absolute Gasteiger partial charge is 0.386 e. The number of hydrogen-bond acceptors (Lipinski definition) is 1. The van der Waals surface area contributed by atoms with Gasteiger partial charge in [0, 0.05) is 18.8 Å². The van der Waals surface area contributed by atoms with Crippen LogP contribution in [0.25, 0.3) is 0 Å². The molecule has 0 spiro atoms. The summed E-state index contributed by atoms with van der Waals surface area (Å²) < 4.78 is 2.01. The van der Waals surface area contributed by atoms with Crippen molar-refractivity contribution in [1.29, 1.82) is 0 Å². The Kier molecular flexibility index (Phi) is 1.55. The molecule has 2 aliphatic rings. The molecule has 0 bridgehead atoms. The lowest BCUT2D eigenvalue weighted by Gasteiger charge is -2.07. The minimum absolute atomic E-state index is 0.357. The zero-order valence-electron chi connectivity index (χ0n) is 6.97. The van der Waals surface area contributed by atoms with E-state index < -0.39 is 0 Å². The van der Waals surface area contributed by atoms with Crippen LogP contribution in [-0.2, 0) is 4.79 Å². The van der Waals surface area contributed by atoms with E-state index >= 15 is 0 Å². The SMILES string of the molecule is CC1CC[N+]2=C1CCCC2=O. The van der Waals surface area contributed by atoms with Gasteiger partial charge in [0.25, 0.3) is 0 Å². The second kappa shape index (κ2) is 2.43. The van der Waals surface area contributed by atoms with Crippen molar-refractivity contribution in [2.45, 2.75) is 32.6 Å². The van der Waals surface area contributed by atoms with Crippen LogP contribution in [0.3, 0.4) is 0 Å². The molecule has 0 radical (unpaired) electrons. The molecule has 0 aromatic carbocycles. The first-order valence-corrected chi connectivity index (χ1v) is 4.45. The average Bonchev–Trinajstić information content (AvgIpc) is 2.35. The number of carbonyl (C=O) groups is 1. The Hall–Kier alpha value is -0.660. The molecule has 2 heteroatoms. The minimum Gasteiger partial charge on any atom is -0.220 e. The minimum atomic E-state index is 0.357. The molecule has 1 unspecified atom stereocenters. The highest BCUT2D eigenvalue weighted by Gasteiger charge is 2.36. The van der Waals surface area contributed by atoms with Crippen LogP contribution in [0.5, 0.6) is 0 Å². The van der Waals surface area contributed by atoms with Gasteiger partial charge < -0.3 is 0 Å². The first kappa shape index (κ1) is 7.01. The van der Waals surface area contributed by atoms with E-state index in [2.05, 4.69) is 6.92 Å². The van der Waals surface area contributed by atoms with Gasteiger partial charge in [-0.25, -0.2) is 4.79 Å². The van der Waals surface area contributed by atoms with Crippen LogP contribution in [0.2, 0.25) is 0 Å². The van der Waals surface area contributed by atoms with Crippen LogP contribution in [-0.4, -0.2) is 22.7 Å². The summed E-state index contributed by atoms with van der Waals surface area (Å²) in [6.07, 6.45) is 4.19. The molecule has 11 heavy (non-hydrogen) atoms. The van der Waals surface area contributed by atoms with Crippen LogP contribution >= 0.6 is 0 Å². The third-order valence-electron chi connectivity index (χ3n) is 2.83. The highest BCUT2D eigenvalue weighted by Crippen LogP contribution is 2.21. The predicted octanol–water partition coefficient (Wildman–Crippen LogP) is 1.19. The average molecular weight is 152 g/mol.